The van der Waals surface area contributed by atoms with Crippen molar-refractivity contribution in [3.05, 3.63) is 18.1 Å². The van der Waals surface area contributed by atoms with Crippen molar-refractivity contribution in [3.8, 4) is 11.8 Å². The van der Waals surface area contributed by atoms with Gasteiger partial charge in [0.2, 0.25) is 5.82 Å². The van der Waals surface area contributed by atoms with Gasteiger partial charge in [-0.3, -0.25) is 0 Å². The molecule has 0 atom stereocenters. The lowest BCUT2D eigenvalue weighted by atomic mass is 10.4. The van der Waals surface area contributed by atoms with Gasteiger partial charge < -0.3 is 10.1 Å². The molecule has 0 fully saturated rings. The highest BCUT2D eigenvalue weighted by Gasteiger charge is 2.08. The van der Waals surface area contributed by atoms with E-state index < -0.39 is 5.97 Å². The molecule has 0 saturated heterocycles. The third-order valence-corrected chi connectivity index (χ3v) is 1.76. The summed E-state index contributed by atoms with van der Waals surface area (Å²) in [5, 5.41) is 3.04. The predicted octanol–water partition coefficient (Wildman–Crippen LogP) is 1.09. The molecule has 0 aliphatic rings. The molecule has 0 aliphatic carbocycles. The monoisotopic (exact) mass is 219 g/mol. The van der Waals surface area contributed by atoms with E-state index in [0.29, 0.717) is 12.4 Å². The first-order valence-corrected chi connectivity index (χ1v) is 4.82. The lowest BCUT2D eigenvalue weighted by molar-refractivity contribution is 0.0587. The minimum Gasteiger partial charge on any atom is -0.463 e. The van der Waals surface area contributed by atoms with Crippen LogP contribution in [0.25, 0.3) is 0 Å². The molecule has 0 aliphatic heterocycles. The van der Waals surface area contributed by atoms with Gasteiger partial charge in [-0.1, -0.05) is 0 Å². The van der Waals surface area contributed by atoms with Gasteiger partial charge in [-0.25, -0.2) is 14.8 Å². The minimum absolute atomic E-state index is 0.0501. The molecule has 1 rings (SSSR count). The lowest BCUT2D eigenvalue weighted by Crippen LogP contribution is -2.10. The van der Waals surface area contributed by atoms with Crippen molar-refractivity contribution >= 4 is 11.8 Å². The maximum atomic E-state index is 11.1. The Hall–Kier alpha value is -2.09. The molecule has 1 aromatic heterocycles. The first-order chi connectivity index (χ1) is 7.77. The highest BCUT2D eigenvalue weighted by atomic mass is 16.5. The summed E-state index contributed by atoms with van der Waals surface area (Å²) in [7, 11) is 1.29. The topological polar surface area (TPSA) is 64.1 Å². The zero-order valence-electron chi connectivity index (χ0n) is 9.28. The maximum absolute atomic E-state index is 11.1. The number of nitrogens with one attached hydrogen (secondary N) is 1. The lowest BCUT2D eigenvalue weighted by Gasteiger charge is -2.03. The molecule has 0 saturated carbocycles. The first kappa shape index (κ1) is 12.0. The van der Waals surface area contributed by atoms with Crippen LogP contribution in [-0.2, 0) is 4.74 Å². The summed E-state index contributed by atoms with van der Waals surface area (Å²) >= 11 is 0. The zero-order chi connectivity index (χ0) is 11.8. The molecular formula is C11H13N3O2. The van der Waals surface area contributed by atoms with Crippen molar-refractivity contribution in [2.24, 2.45) is 0 Å². The van der Waals surface area contributed by atoms with E-state index in [4.69, 9.17) is 0 Å². The number of hydrogen-bond donors (Lipinski definition) is 1. The van der Waals surface area contributed by atoms with Gasteiger partial charge in [0.25, 0.3) is 0 Å². The molecule has 0 bridgehead atoms. The second kappa shape index (κ2) is 6.40. The van der Waals surface area contributed by atoms with Crippen LogP contribution in [0, 0.1) is 11.8 Å². The van der Waals surface area contributed by atoms with Crippen molar-refractivity contribution < 1.29 is 9.53 Å². The Morgan fingerprint density at radius 3 is 3.12 bits per heavy atom. The van der Waals surface area contributed by atoms with Gasteiger partial charge in [-0.2, -0.15) is 0 Å². The molecule has 5 nitrogen and oxygen atoms in total. The van der Waals surface area contributed by atoms with Gasteiger partial charge in [0, 0.05) is 19.2 Å². The third-order valence-electron chi connectivity index (χ3n) is 1.76. The van der Waals surface area contributed by atoms with Crippen molar-refractivity contribution in [1.29, 1.82) is 0 Å². The standard InChI is InChI=1S/C11H13N3O2/c1-3-4-5-7-12-9-6-8-13-10(14-9)11(15)16-2/h6,8H,5,7H2,1-2H3,(H,12,13,14). The van der Waals surface area contributed by atoms with Crippen LogP contribution in [-0.4, -0.2) is 29.6 Å². The number of esters is 1. The fourth-order valence-corrected chi connectivity index (χ4v) is 1.02. The number of hydrogen-bond acceptors (Lipinski definition) is 5. The molecule has 0 unspecified atom stereocenters. The summed E-state index contributed by atoms with van der Waals surface area (Å²) in [6, 6.07) is 1.69. The zero-order valence-corrected chi connectivity index (χ0v) is 9.28. The largest absolute Gasteiger partial charge is 0.463 e. The van der Waals surface area contributed by atoms with Gasteiger partial charge >= 0.3 is 5.97 Å². The first-order valence-electron chi connectivity index (χ1n) is 4.82. The highest BCUT2D eigenvalue weighted by molar-refractivity contribution is 5.85. The van der Waals surface area contributed by atoms with E-state index in [0.717, 1.165) is 6.42 Å². The molecule has 0 radical (unpaired) electrons. The van der Waals surface area contributed by atoms with E-state index >= 15 is 0 Å². The third kappa shape index (κ3) is 3.58. The normalized spacial score (nSPS) is 8.88. The van der Waals surface area contributed by atoms with Crippen LogP contribution in [0.15, 0.2) is 12.3 Å². The van der Waals surface area contributed by atoms with Gasteiger partial charge in [-0.05, 0) is 13.0 Å². The van der Waals surface area contributed by atoms with Gasteiger partial charge in [0.15, 0.2) is 0 Å². The Balaban J connectivity index is 2.59. The van der Waals surface area contributed by atoms with Crippen molar-refractivity contribution in [2.45, 2.75) is 13.3 Å². The molecule has 0 amide bonds. The molecule has 5 heteroatoms. The number of methoxy groups -OCH3 is 1. The number of aromatic nitrogens is 2. The van der Waals surface area contributed by atoms with E-state index in [1.807, 2.05) is 0 Å². The van der Waals surface area contributed by atoms with E-state index in [2.05, 4.69) is 31.9 Å². The number of ether oxygens (including phenoxy) is 1. The molecule has 0 aromatic carbocycles. The summed E-state index contributed by atoms with van der Waals surface area (Å²) in [6.45, 7) is 2.47. The van der Waals surface area contributed by atoms with Gasteiger partial charge in [0.1, 0.15) is 5.82 Å². The Kier molecular flexibility index (Phi) is 4.80. The minimum atomic E-state index is -0.544. The Bertz CT molecular complexity index is 421. The second-order valence-corrected chi connectivity index (χ2v) is 2.86. The van der Waals surface area contributed by atoms with E-state index in [9.17, 15) is 4.79 Å². The fraction of sp³-hybridized carbons (Fsp3) is 0.364. The number of carbonyl (C=O) groups is 1. The number of nitrogens with zero attached hydrogens (tertiary/aromatic N) is 2. The summed E-state index contributed by atoms with van der Waals surface area (Å²) in [4.78, 5) is 18.9. The summed E-state index contributed by atoms with van der Waals surface area (Å²) in [5.74, 6) is 5.81. The molecule has 84 valence electrons. The van der Waals surface area contributed by atoms with Gasteiger partial charge in [-0.15, -0.1) is 11.8 Å². The molecule has 16 heavy (non-hydrogen) atoms. The van der Waals surface area contributed by atoms with Crippen molar-refractivity contribution in [3.63, 3.8) is 0 Å². The summed E-state index contributed by atoms with van der Waals surface area (Å²) < 4.78 is 4.52. The molecular weight excluding hydrogens is 206 g/mol. The molecule has 1 aromatic rings. The maximum Gasteiger partial charge on any atom is 0.376 e. The van der Waals surface area contributed by atoms with Crippen LogP contribution in [0.1, 0.15) is 24.0 Å². The average molecular weight is 219 g/mol. The summed E-state index contributed by atoms with van der Waals surface area (Å²) in [5.41, 5.74) is 0. The van der Waals surface area contributed by atoms with E-state index in [1.165, 1.54) is 13.3 Å². The molecule has 1 heterocycles. The predicted molar refractivity (Wildman–Crippen MR) is 59.9 cm³/mol. The number of anilines is 1. The van der Waals surface area contributed by atoms with Crippen molar-refractivity contribution in [1.82, 2.24) is 9.97 Å². The van der Waals surface area contributed by atoms with E-state index in [-0.39, 0.29) is 5.82 Å². The van der Waals surface area contributed by atoms with Crippen LogP contribution in [0.3, 0.4) is 0 Å². The number of carbonyl (C=O) groups excluding carboxylic acids is 1. The fourth-order valence-electron chi connectivity index (χ4n) is 1.02. The highest BCUT2D eigenvalue weighted by Crippen LogP contribution is 2.02. The summed E-state index contributed by atoms with van der Waals surface area (Å²) in [6.07, 6.45) is 2.24. The average Bonchev–Trinajstić information content (AvgIpc) is 2.34. The van der Waals surface area contributed by atoms with Crippen LogP contribution >= 0.6 is 0 Å². The smallest absolute Gasteiger partial charge is 0.376 e. The van der Waals surface area contributed by atoms with Crippen LogP contribution in [0.5, 0.6) is 0 Å². The van der Waals surface area contributed by atoms with Gasteiger partial charge in [0.05, 0.1) is 7.11 Å². The van der Waals surface area contributed by atoms with Crippen molar-refractivity contribution in [2.75, 3.05) is 19.0 Å². The van der Waals surface area contributed by atoms with Crippen LogP contribution in [0.4, 0.5) is 5.82 Å². The Labute approximate surface area is 94.2 Å². The quantitative estimate of drug-likeness (QED) is 0.466. The second-order valence-electron chi connectivity index (χ2n) is 2.86. The SMILES string of the molecule is CC#CCCNc1ccnc(C(=O)OC)n1. The molecule has 0 spiro atoms. The number of rotatable bonds is 4. The Morgan fingerprint density at radius 1 is 1.62 bits per heavy atom. The van der Waals surface area contributed by atoms with Crippen LogP contribution in [0.2, 0.25) is 0 Å². The van der Waals surface area contributed by atoms with E-state index in [1.54, 1.807) is 13.0 Å². The van der Waals surface area contributed by atoms with Crippen LogP contribution < -0.4 is 5.32 Å². The molecule has 1 N–H and O–H groups in total. The Morgan fingerprint density at radius 2 is 2.44 bits per heavy atom.